The molecule has 0 saturated carbocycles. The van der Waals surface area contributed by atoms with E-state index in [-0.39, 0.29) is 12.3 Å². The van der Waals surface area contributed by atoms with Crippen molar-refractivity contribution < 1.29 is 14.7 Å². The van der Waals surface area contributed by atoms with Crippen molar-refractivity contribution in [3.05, 3.63) is 21.5 Å². The van der Waals surface area contributed by atoms with Crippen molar-refractivity contribution in [1.82, 2.24) is 9.71 Å². The highest BCUT2D eigenvalue weighted by atomic mass is 79.9. The van der Waals surface area contributed by atoms with E-state index >= 15 is 0 Å². The van der Waals surface area contributed by atoms with Crippen LogP contribution in [0.4, 0.5) is 0 Å². The average molecular weight is 276 g/mol. The van der Waals surface area contributed by atoms with Gasteiger partial charge in [0.15, 0.2) is 11.2 Å². The van der Waals surface area contributed by atoms with Gasteiger partial charge in [-0.3, -0.25) is 5.41 Å². The number of esters is 1. The monoisotopic (exact) mass is 275 g/mol. The highest BCUT2D eigenvalue weighted by molar-refractivity contribution is 9.10. The lowest BCUT2D eigenvalue weighted by molar-refractivity contribution is 0.0506. The van der Waals surface area contributed by atoms with E-state index in [1.807, 2.05) is 0 Å². The summed E-state index contributed by atoms with van der Waals surface area (Å²) in [6.07, 6.45) is 0. The number of rotatable bonds is 2. The molecule has 0 atom stereocenters. The fourth-order valence-corrected chi connectivity index (χ4v) is 1.27. The minimum atomic E-state index is -0.731. The average Bonchev–Trinajstić information content (AvgIpc) is 2.20. The Morgan fingerprint density at radius 3 is 2.87 bits per heavy atom. The van der Waals surface area contributed by atoms with Gasteiger partial charge in [-0.1, -0.05) is 0 Å². The van der Waals surface area contributed by atoms with Crippen LogP contribution in [-0.4, -0.2) is 27.5 Å². The zero-order valence-corrected chi connectivity index (χ0v) is 9.83. The first-order valence-electron chi connectivity index (χ1n) is 4.19. The third-order valence-corrected chi connectivity index (χ3v) is 2.48. The van der Waals surface area contributed by atoms with Crippen molar-refractivity contribution in [2.45, 2.75) is 13.8 Å². The second-order valence-electron chi connectivity index (χ2n) is 2.72. The number of carbonyl (C=O) groups excluding carboxylic acids is 1. The van der Waals surface area contributed by atoms with Crippen LogP contribution in [0.25, 0.3) is 0 Å². The fourth-order valence-electron chi connectivity index (χ4n) is 0.929. The maximum Gasteiger partial charge on any atom is 0.360 e. The minimum Gasteiger partial charge on any atom is -0.461 e. The molecule has 0 spiro atoms. The Bertz CT molecular complexity index is 455. The van der Waals surface area contributed by atoms with E-state index in [9.17, 15) is 10.0 Å². The molecular formula is C8H10BrN3O3. The molecule has 0 aromatic carbocycles. The Hall–Kier alpha value is -1.37. The van der Waals surface area contributed by atoms with Crippen LogP contribution in [0.15, 0.2) is 4.60 Å². The number of ether oxygens (including phenoxy) is 1. The largest absolute Gasteiger partial charge is 0.461 e. The molecule has 1 aromatic rings. The molecule has 0 aliphatic heterocycles. The molecule has 0 unspecified atom stereocenters. The standard InChI is InChI=1S/C8H10BrN3O3/c1-3-15-8(13)5-7(10)12(14)4(2)6(9)11-5/h10,14H,3H2,1-2H3. The predicted octanol–water partition coefficient (Wildman–Crippen LogP) is 0.847. The minimum absolute atomic E-state index is 0.191. The molecule has 7 heteroatoms. The summed E-state index contributed by atoms with van der Waals surface area (Å²) in [7, 11) is 0. The molecule has 1 aromatic heterocycles. The lowest BCUT2D eigenvalue weighted by Gasteiger charge is -2.07. The van der Waals surface area contributed by atoms with E-state index in [2.05, 4.69) is 20.9 Å². The molecule has 0 aliphatic carbocycles. The van der Waals surface area contributed by atoms with E-state index in [1.165, 1.54) is 0 Å². The predicted molar refractivity (Wildman–Crippen MR) is 53.7 cm³/mol. The van der Waals surface area contributed by atoms with Gasteiger partial charge in [0.25, 0.3) is 0 Å². The Kier molecular flexibility index (Phi) is 3.46. The van der Waals surface area contributed by atoms with Gasteiger partial charge in [-0.15, -0.1) is 0 Å². The van der Waals surface area contributed by atoms with Gasteiger partial charge in [0.2, 0.25) is 0 Å². The summed E-state index contributed by atoms with van der Waals surface area (Å²) in [6, 6.07) is 0. The van der Waals surface area contributed by atoms with Crippen molar-refractivity contribution in [2.24, 2.45) is 0 Å². The van der Waals surface area contributed by atoms with E-state index in [4.69, 9.17) is 10.1 Å². The Morgan fingerprint density at radius 2 is 2.33 bits per heavy atom. The normalized spacial score (nSPS) is 10.1. The molecule has 0 saturated heterocycles. The lowest BCUT2D eigenvalue weighted by Crippen LogP contribution is -2.30. The molecule has 1 rings (SSSR count). The lowest BCUT2D eigenvalue weighted by atomic mass is 10.4. The van der Waals surface area contributed by atoms with Crippen LogP contribution in [-0.2, 0) is 4.74 Å². The first-order chi connectivity index (χ1) is 6.99. The summed E-state index contributed by atoms with van der Waals surface area (Å²) < 4.78 is 5.56. The number of aromatic nitrogens is 2. The van der Waals surface area contributed by atoms with E-state index in [0.29, 0.717) is 15.0 Å². The summed E-state index contributed by atoms with van der Waals surface area (Å²) in [6.45, 7) is 3.40. The Morgan fingerprint density at radius 1 is 1.73 bits per heavy atom. The van der Waals surface area contributed by atoms with Crippen LogP contribution in [0.2, 0.25) is 0 Å². The quantitative estimate of drug-likeness (QED) is 0.619. The smallest absolute Gasteiger partial charge is 0.360 e. The van der Waals surface area contributed by atoms with Gasteiger partial charge in [0, 0.05) is 0 Å². The van der Waals surface area contributed by atoms with Crippen molar-refractivity contribution >= 4 is 21.9 Å². The zero-order valence-electron chi connectivity index (χ0n) is 8.24. The Balaban J connectivity index is 3.33. The van der Waals surface area contributed by atoms with Gasteiger partial charge in [-0.2, -0.15) is 4.73 Å². The van der Waals surface area contributed by atoms with Gasteiger partial charge < -0.3 is 9.94 Å². The summed E-state index contributed by atoms with van der Waals surface area (Å²) in [5, 5.41) is 16.9. The number of hydrogen-bond acceptors (Lipinski definition) is 5. The maximum absolute atomic E-state index is 11.3. The molecule has 0 fully saturated rings. The summed E-state index contributed by atoms with van der Waals surface area (Å²) in [5.74, 6) is -0.731. The SMILES string of the molecule is CCOC(=O)c1nc(Br)c(C)n(O)c1=N. The number of halogens is 1. The molecule has 0 bridgehead atoms. The highest BCUT2D eigenvalue weighted by Gasteiger charge is 2.16. The van der Waals surface area contributed by atoms with Crippen LogP contribution >= 0.6 is 15.9 Å². The number of nitrogens with one attached hydrogen (secondary N) is 1. The molecule has 6 nitrogen and oxygen atoms in total. The first kappa shape index (κ1) is 11.7. The number of hydrogen-bond donors (Lipinski definition) is 2. The molecule has 82 valence electrons. The molecular weight excluding hydrogens is 266 g/mol. The summed E-state index contributed by atoms with van der Waals surface area (Å²) in [5.41, 5.74) is -0.279. The molecule has 0 aliphatic rings. The van der Waals surface area contributed by atoms with Gasteiger partial charge in [-0.05, 0) is 29.8 Å². The molecule has 0 radical (unpaired) electrons. The van der Waals surface area contributed by atoms with Gasteiger partial charge in [0.1, 0.15) is 4.60 Å². The van der Waals surface area contributed by atoms with Gasteiger partial charge in [-0.25, -0.2) is 9.78 Å². The van der Waals surface area contributed by atoms with Gasteiger partial charge in [0.05, 0.1) is 12.3 Å². The molecule has 1 heterocycles. The number of nitrogens with zero attached hydrogens (tertiary/aromatic N) is 2. The third-order valence-electron chi connectivity index (χ3n) is 1.73. The Labute approximate surface area is 94.1 Å². The maximum atomic E-state index is 11.3. The summed E-state index contributed by atoms with van der Waals surface area (Å²) >= 11 is 3.07. The van der Waals surface area contributed by atoms with Crippen LogP contribution in [0, 0.1) is 12.3 Å². The van der Waals surface area contributed by atoms with E-state index in [1.54, 1.807) is 13.8 Å². The van der Waals surface area contributed by atoms with Gasteiger partial charge >= 0.3 is 5.97 Å². The second kappa shape index (κ2) is 4.43. The highest BCUT2D eigenvalue weighted by Crippen LogP contribution is 2.10. The van der Waals surface area contributed by atoms with E-state index < -0.39 is 11.5 Å². The van der Waals surface area contributed by atoms with Crippen LogP contribution < -0.4 is 5.49 Å². The van der Waals surface area contributed by atoms with Crippen LogP contribution in [0.1, 0.15) is 23.1 Å². The molecule has 0 amide bonds. The first-order valence-corrected chi connectivity index (χ1v) is 4.98. The fraction of sp³-hybridized carbons (Fsp3) is 0.375. The van der Waals surface area contributed by atoms with Crippen LogP contribution in [0.5, 0.6) is 0 Å². The van der Waals surface area contributed by atoms with E-state index in [0.717, 1.165) is 0 Å². The summed E-state index contributed by atoms with van der Waals surface area (Å²) in [4.78, 5) is 15.2. The van der Waals surface area contributed by atoms with Crippen molar-refractivity contribution in [3.63, 3.8) is 0 Å². The number of carbonyl (C=O) groups is 1. The topological polar surface area (TPSA) is 88.2 Å². The molecule has 15 heavy (non-hydrogen) atoms. The van der Waals surface area contributed by atoms with Crippen LogP contribution in [0.3, 0.4) is 0 Å². The molecule has 2 N–H and O–H groups in total. The second-order valence-corrected chi connectivity index (χ2v) is 3.47. The van der Waals surface area contributed by atoms with Crippen molar-refractivity contribution in [3.8, 4) is 0 Å². The van der Waals surface area contributed by atoms with Crippen molar-refractivity contribution in [2.75, 3.05) is 6.61 Å². The van der Waals surface area contributed by atoms with Crippen molar-refractivity contribution in [1.29, 1.82) is 5.41 Å². The zero-order chi connectivity index (χ0) is 11.6. The third kappa shape index (κ3) is 2.17.